The van der Waals surface area contributed by atoms with E-state index in [9.17, 15) is 19.0 Å². The molecule has 0 spiro atoms. The fraction of sp³-hybridized carbons (Fsp3) is 0.942. The van der Waals surface area contributed by atoms with Gasteiger partial charge in [0.1, 0.15) is 6.61 Å². The Hall–Kier alpha value is -1.25. The molecule has 0 saturated heterocycles. The number of esters is 2. The van der Waals surface area contributed by atoms with Crippen molar-refractivity contribution in [2.24, 2.45) is 5.73 Å². The number of hydrogen-bond acceptors (Lipinski definition) is 8. The summed E-state index contributed by atoms with van der Waals surface area (Å²) in [6.07, 6.45) is 78.9. The van der Waals surface area contributed by atoms with Crippen molar-refractivity contribution in [2.75, 3.05) is 26.4 Å². The Kier molecular flexibility index (Phi) is 64.9. The smallest absolute Gasteiger partial charge is 0.462 e. The number of allylic oxidation sites excluding steroid dienone is 2. The Morgan fingerprint density at radius 3 is 0.899 bits per heavy atom. The van der Waals surface area contributed by atoms with E-state index in [-0.39, 0.29) is 38.6 Å². The van der Waals surface area contributed by atoms with E-state index < -0.39 is 26.5 Å². The zero-order valence-corrected chi connectivity index (χ0v) is 53.8. The van der Waals surface area contributed by atoms with Crippen molar-refractivity contribution in [2.45, 2.75) is 392 Å². The summed E-state index contributed by atoms with van der Waals surface area (Å²) in [5, 5.41) is 0. The number of carbonyl (C=O) groups excluding carboxylic acids is 2. The van der Waals surface area contributed by atoms with E-state index in [4.69, 9.17) is 24.3 Å². The second kappa shape index (κ2) is 65.9. The van der Waals surface area contributed by atoms with E-state index in [0.29, 0.717) is 6.42 Å². The Bertz CT molecular complexity index is 1300. The highest BCUT2D eigenvalue weighted by Gasteiger charge is 2.26. The Morgan fingerprint density at radius 2 is 0.620 bits per heavy atom. The van der Waals surface area contributed by atoms with Crippen LogP contribution in [0.15, 0.2) is 12.2 Å². The van der Waals surface area contributed by atoms with Gasteiger partial charge in [0.05, 0.1) is 13.2 Å². The zero-order valence-electron chi connectivity index (χ0n) is 52.9. The van der Waals surface area contributed by atoms with Crippen molar-refractivity contribution in [3.05, 3.63) is 12.2 Å². The molecule has 0 aliphatic carbocycles. The first-order valence-electron chi connectivity index (χ1n) is 35.2. The van der Waals surface area contributed by atoms with Gasteiger partial charge < -0.3 is 20.1 Å². The molecule has 2 atom stereocenters. The van der Waals surface area contributed by atoms with Gasteiger partial charge in [0.25, 0.3) is 0 Å². The molecule has 3 N–H and O–H groups in total. The average Bonchev–Trinajstić information content (AvgIpc) is 3.44. The molecule has 0 aliphatic rings. The van der Waals surface area contributed by atoms with Crippen LogP contribution < -0.4 is 5.73 Å². The van der Waals surface area contributed by atoms with Gasteiger partial charge in [-0.1, -0.05) is 347 Å². The van der Waals surface area contributed by atoms with E-state index in [1.54, 1.807) is 0 Å². The average molecular weight is 1140 g/mol. The molecule has 0 saturated carbocycles. The number of rotatable bonds is 68. The largest absolute Gasteiger partial charge is 0.472 e. The summed E-state index contributed by atoms with van der Waals surface area (Å²) in [5.41, 5.74) is 5.40. The zero-order chi connectivity index (χ0) is 57.3. The highest BCUT2D eigenvalue weighted by Crippen LogP contribution is 2.43. The Labute approximate surface area is 491 Å². The molecule has 0 fully saturated rings. The molecule has 10 heteroatoms. The number of ether oxygens (including phenoxy) is 2. The molecular formula is C69H136NO8P. The fourth-order valence-electron chi connectivity index (χ4n) is 10.9. The number of nitrogens with two attached hydrogens (primary N) is 1. The lowest BCUT2D eigenvalue weighted by molar-refractivity contribution is -0.161. The van der Waals surface area contributed by atoms with Gasteiger partial charge in [-0.15, -0.1) is 0 Å². The normalized spacial score (nSPS) is 12.9. The van der Waals surface area contributed by atoms with Gasteiger partial charge in [0.2, 0.25) is 0 Å². The molecule has 79 heavy (non-hydrogen) atoms. The third kappa shape index (κ3) is 65.8. The van der Waals surface area contributed by atoms with Crippen molar-refractivity contribution in [3.8, 4) is 0 Å². The highest BCUT2D eigenvalue weighted by atomic mass is 31.2. The predicted molar refractivity (Wildman–Crippen MR) is 340 cm³/mol. The number of hydrogen-bond donors (Lipinski definition) is 2. The van der Waals surface area contributed by atoms with Gasteiger partial charge >= 0.3 is 19.8 Å². The van der Waals surface area contributed by atoms with E-state index in [1.807, 2.05) is 0 Å². The predicted octanol–water partition coefficient (Wildman–Crippen LogP) is 22.8. The molecule has 0 amide bonds. The summed E-state index contributed by atoms with van der Waals surface area (Å²) in [5.74, 6) is -0.800. The van der Waals surface area contributed by atoms with Gasteiger partial charge in [-0.25, -0.2) is 4.57 Å². The van der Waals surface area contributed by atoms with Crippen molar-refractivity contribution < 1.29 is 37.6 Å². The van der Waals surface area contributed by atoms with E-state index >= 15 is 0 Å². The highest BCUT2D eigenvalue weighted by molar-refractivity contribution is 7.47. The van der Waals surface area contributed by atoms with Crippen LogP contribution in [0.1, 0.15) is 386 Å². The molecular weight excluding hydrogens is 1000 g/mol. The van der Waals surface area contributed by atoms with Crippen LogP contribution in [0.3, 0.4) is 0 Å². The molecule has 0 rings (SSSR count). The Balaban J connectivity index is 3.78. The lowest BCUT2D eigenvalue weighted by Gasteiger charge is -2.19. The van der Waals surface area contributed by atoms with Crippen molar-refractivity contribution in [3.63, 3.8) is 0 Å². The molecule has 0 bridgehead atoms. The first-order valence-corrected chi connectivity index (χ1v) is 36.7. The van der Waals surface area contributed by atoms with Gasteiger partial charge in [-0.2, -0.15) is 0 Å². The second-order valence-electron chi connectivity index (χ2n) is 24.1. The third-order valence-corrected chi connectivity index (χ3v) is 17.1. The first kappa shape index (κ1) is 77.8. The van der Waals surface area contributed by atoms with Gasteiger partial charge in [-0.3, -0.25) is 18.6 Å². The maximum absolute atomic E-state index is 12.8. The summed E-state index contributed by atoms with van der Waals surface area (Å²) in [6, 6.07) is 0. The fourth-order valence-corrected chi connectivity index (χ4v) is 11.7. The topological polar surface area (TPSA) is 134 Å². The number of carbonyl (C=O) groups is 2. The van der Waals surface area contributed by atoms with Gasteiger partial charge in [-0.05, 0) is 38.5 Å². The van der Waals surface area contributed by atoms with Crippen molar-refractivity contribution in [1.82, 2.24) is 0 Å². The van der Waals surface area contributed by atoms with Crippen LogP contribution >= 0.6 is 7.82 Å². The summed E-state index contributed by atoms with van der Waals surface area (Å²) in [7, 11) is -4.39. The number of phosphoric ester groups is 1. The lowest BCUT2D eigenvalue weighted by Crippen LogP contribution is -2.29. The van der Waals surface area contributed by atoms with Crippen LogP contribution in [0.4, 0.5) is 0 Å². The summed E-state index contributed by atoms with van der Waals surface area (Å²) < 4.78 is 33.2. The minimum Gasteiger partial charge on any atom is -0.462 e. The molecule has 2 unspecified atom stereocenters. The van der Waals surface area contributed by atoms with Crippen molar-refractivity contribution in [1.29, 1.82) is 0 Å². The van der Waals surface area contributed by atoms with Crippen LogP contribution in [-0.4, -0.2) is 49.3 Å². The number of unbranched alkanes of at least 4 members (excludes halogenated alkanes) is 53. The number of phosphoric acid groups is 1. The van der Waals surface area contributed by atoms with Crippen LogP contribution in [0.25, 0.3) is 0 Å². The monoisotopic (exact) mass is 1140 g/mol. The maximum atomic E-state index is 12.8. The van der Waals surface area contributed by atoms with Crippen LogP contribution in [0, 0.1) is 0 Å². The van der Waals surface area contributed by atoms with E-state index in [2.05, 4.69) is 26.0 Å². The van der Waals surface area contributed by atoms with Crippen molar-refractivity contribution >= 4 is 19.8 Å². The molecule has 470 valence electrons. The minimum absolute atomic E-state index is 0.0580. The lowest BCUT2D eigenvalue weighted by atomic mass is 10.0. The molecule has 0 aliphatic heterocycles. The SMILES string of the molecule is CCCCCCCCCC/C=C\CCCCCCCCCCCCCCCCCCCCCCCCCC(=O)OC(COC(=O)CCCCCCCCCCCCCCCCCCCCCCCCC)COP(=O)(O)OCCN. The molecule has 0 radical (unpaired) electrons. The first-order chi connectivity index (χ1) is 38.8. The molecule has 9 nitrogen and oxygen atoms in total. The standard InChI is InChI=1S/C69H136NO8P/c1-3-5-7-9-11-13-15-17-19-21-23-25-27-28-29-30-31-32-33-34-35-36-37-38-40-42-44-46-48-50-52-54-56-58-60-62-69(72)78-67(66-77-79(73,74)76-64-63-70)65-75-68(71)61-59-57-55-53-51-49-47-45-43-41-39-26-24-22-20-18-16-14-12-10-8-6-4-2/h21,23,67H,3-20,22,24-66,70H2,1-2H3,(H,73,74)/b23-21-. The van der Waals surface area contributed by atoms with Crippen LogP contribution in [0.5, 0.6) is 0 Å². The quantitative estimate of drug-likeness (QED) is 0.0264. The molecule has 0 heterocycles. The Morgan fingerprint density at radius 1 is 0.367 bits per heavy atom. The maximum Gasteiger partial charge on any atom is 0.472 e. The summed E-state index contributed by atoms with van der Waals surface area (Å²) >= 11 is 0. The summed E-state index contributed by atoms with van der Waals surface area (Å²) in [6.45, 7) is 3.83. The molecule has 0 aromatic rings. The van der Waals surface area contributed by atoms with E-state index in [1.165, 1.54) is 321 Å². The molecule has 0 aromatic heterocycles. The molecule has 0 aromatic carbocycles. The minimum atomic E-state index is -4.39. The summed E-state index contributed by atoms with van der Waals surface area (Å²) in [4.78, 5) is 35.3. The van der Waals surface area contributed by atoms with Gasteiger partial charge in [0, 0.05) is 19.4 Å². The van der Waals surface area contributed by atoms with Crippen LogP contribution in [-0.2, 0) is 32.7 Å². The van der Waals surface area contributed by atoms with E-state index in [0.717, 1.165) is 32.1 Å². The van der Waals surface area contributed by atoms with Crippen LogP contribution in [0.2, 0.25) is 0 Å². The third-order valence-electron chi connectivity index (χ3n) is 16.2. The van der Waals surface area contributed by atoms with Gasteiger partial charge in [0.15, 0.2) is 6.10 Å². The second-order valence-corrected chi connectivity index (χ2v) is 25.6.